The topological polar surface area (TPSA) is 115 Å². The number of benzene rings is 1. The largest absolute Gasteiger partial charge is 0.478 e. The van der Waals surface area contributed by atoms with Gasteiger partial charge in [0.1, 0.15) is 0 Å². The van der Waals surface area contributed by atoms with Crippen molar-refractivity contribution in [3.63, 3.8) is 0 Å². The van der Waals surface area contributed by atoms with Crippen LogP contribution in [0.2, 0.25) is 0 Å². The van der Waals surface area contributed by atoms with Crippen molar-refractivity contribution >= 4 is 17.5 Å². The van der Waals surface area contributed by atoms with Crippen LogP contribution in [0.15, 0.2) is 23.8 Å². The van der Waals surface area contributed by atoms with Crippen LogP contribution in [0.1, 0.15) is 45.5 Å². The number of carboxylic acid groups (broad SMARTS) is 2. The maximum Gasteiger partial charge on any atom is 0.336 e. The van der Waals surface area contributed by atoms with Crippen LogP contribution in [0.4, 0.5) is 0 Å². The number of aromatic carboxylic acids is 2. The first-order chi connectivity index (χ1) is 10.5. The molecule has 0 saturated carbocycles. The van der Waals surface area contributed by atoms with Crippen molar-refractivity contribution < 1.29 is 30.0 Å². The van der Waals surface area contributed by atoms with Gasteiger partial charge in [-0.3, -0.25) is 0 Å². The highest BCUT2D eigenvalue weighted by molar-refractivity contribution is 5.97. The van der Waals surface area contributed by atoms with E-state index < -0.39 is 11.9 Å². The van der Waals surface area contributed by atoms with Gasteiger partial charge in [-0.2, -0.15) is 0 Å². The van der Waals surface area contributed by atoms with Gasteiger partial charge < -0.3 is 20.4 Å². The second kappa shape index (κ2) is 6.72. The summed E-state index contributed by atoms with van der Waals surface area (Å²) in [7, 11) is 0. The summed E-state index contributed by atoms with van der Waals surface area (Å²) in [5, 5.41) is 37.5. The molecule has 1 atom stereocenters. The first-order valence-electron chi connectivity index (χ1n) is 7.04. The van der Waals surface area contributed by atoms with Crippen LogP contribution in [-0.4, -0.2) is 45.6 Å². The molecule has 0 aromatic heterocycles. The Kier molecular flexibility index (Phi) is 4.95. The Morgan fingerprint density at radius 3 is 2.41 bits per heavy atom. The third-order valence-electron chi connectivity index (χ3n) is 4.07. The highest BCUT2D eigenvalue weighted by Crippen LogP contribution is 2.37. The molecule has 0 heterocycles. The lowest BCUT2D eigenvalue weighted by molar-refractivity contribution is 0.0681. The molecule has 0 bridgehead atoms. The molecular formula is C16H18O6. The number of aliphatic hydroxyl groups is 2. The number of allylic oxidation sites excluding steroid dienone is 1. The van der Waals surface area contributed by atoms with E-state index in [0.717, 1.165) is 12.8 Å². The van der Waals surface area contributed by atoms with Gasteiger partial charge in [0, 0.05) is 12.5 Å². The van der Waals surface area contributed by atoms with E-state index in [-0.39, 0.29) is 30.3 Å². The Morgan fingerprint density at radius 1 is 1.14 bits per heavy atom. The van der Waals surface area contributed by atoms with Crippen molar-refractivity contribution in [2.45, 2.75) is 19.3 Å². The van der Waals surface area contributed by atoms with Crippen molar-refractivity contribution in [2.24, 2.45) is 5.92 Å². The molecule has 0 aliphatic heterocycles. The van der Waals surface area contributed by atoms with E-state index in [1.807, 2.05) is 0 Å². The van der Waals surface area contributed by atoms with Crippen LogP contribution in [0.5, 0.6) is 0 Å². The fraction of sp³-hybridized carbons (Fsp3) is 0.375. The number of aliphatic hydroxyl groups excluding tert-OH is 2. The van der Waals surface area contributed by atoms with Crippen LogP contribution in [0, 0.1) is 5.92 Å². The molecule has 6 heteroatoms. The highest BCUT2D eigenvalue weighted by Gasteiger charge is 2.26. The van der Waals surface area contributed by atoms with E-state index in [1.165, 1.54) is 18.2 Å². The predicted molar refractivity (Wildman–Crippen MR) is 78.8 cm³/mol. The monoisotopic (exact) mass is 306 g/mol. The van der Waals surface area contributed by atoms with Gasteiger partial charge in [0.25, 0.3) is 0 Å². The van der Waals surface area contributed by atoms with Gasteiger partial charge in [-0.1, -0.05) is 0 Å². The summed E-state index contributed by atoms with van der Waals surface area (Å²) in [4.78, 5) is 22.5. The average molecular weight is 306 g/mol. The summed E-state index contributed by atoms with van der Waals surface area (Å²) < 4.78 is 0. The molecule has 1 aromatic carbocycles. The second-order valence-corrected chi connectivity index (χ2v) is 5.30. The third kappa shape index (κ3) is 3.03. The number of hydrogen-bond donors (Lipinski definition) is 4. The molecule has 1 unspecified atom stereocenters. The van der Waals surface area contributed by atoms with Gasteiger partial charge in [0.15, 0.2) is 0 Å². The maximum absolute atomic E-state index is 11.4. The predicted octanol–water partition coefficient (Wildman–Crippen LogP) is 1.62. The van der Waals surface area contributed by atoms with Crippen LogP contribution in [0.3, 0.4) is 0 Å². The summed E-state index contributed by atoms with van der Waals surface area (Å²) >= 11 is 0. The van der Waals surface area contributed by atoms with E-state index in [2.05, 4.69) is 0 Å². The fourth-order valence-corrected chi connectivity index (χ4v) is 2.95. The molecule has 118 valence electrons. The van der Waals surface area contributed by atoms with Crippen LogP contribution >= 0.6 is 0 Å². The lowest BCUT2D eigenvalue weighted by Gasteiger charge is -2.27. The summed E-state index contributed by atoms with van der Waals surface area (Å²) in [6.45, 7) is -0.405. The average Bonchev–Trinajstić information content (AvgIpc) is 2.53. The van der Waals surface area contributed by atoms with Gasteiger partial charge in [-0.05, 0) is 54.2 Å². The van der Waals surface area contributed by atoms with Crippen LogP contribution < -0.4 is 0 Å². The zero-order valence-corrected chi connectivity index (χ0v) is 12.0. The van der Waals surface area contributed by atoms with Gasteiger partial charge in [-0.15, -0.1) is 0 Å². The zero-order chi connectivity index (χ0) is 16.3. The minimum Gasteiger partial charge on any atom is -0.478 e. The number of rotatable bonds is 5. The molecule has 1 aliphatic carbocycles. The van der Waals surface area contributed by atoms with Crippen LogP contribution in [-0.2, 0) is 0 Å². The van der Waals surface area contributed by atoms with Crippen molar-refractivity contribution in [1.82, 2.24) is 0 Å². The van der Waals surface area contributed by atoms with E-state index >= 15 is 0 Å². The Labute approximate surface area is 127 Å². The zero-order valence-electron chi connectivity index (χ0n) is 12.0. The first kappa shape index (κ1) is 16.2. The Hall–Kier alpha value is -2.18. The van der Waals surface area contributed by atoms with E-state index in [9.17, 15) is 24.9 Å². The van der Waals surface area contributed by atoms with E-state index in [0.29, 0.717) is 23.1 Å². The van der Waals surface area contributed by atoms with E-state index in [1.54, 1.807) is 0 Å². The number of carboxylic acids is 2. The normalized spacial score (nSPS) is 18.4. The van der Waals surface area contributed by atoms with Crippen molar-refractivity contribution in [2.75, 3.05) is 13.2 Å². The Bertz CT molecular complexity index is 632. The molecule has 0 radical (unpaired) electrons. The molecule has 1 aromatic rings. The SMILES string of the molecule is O=C(O)c1ccc(C(=O)O)c(C2=C(CO)C(CO)CCC2)c1. The van der Waals surface area contributed by atoms with Gasteiger partial charge in [-0.25, -0.2) is 9.59 Å². The molecule has 0 saturated heterocycles. The van der Waals surface area contributed by atoms with Crippen molar-refractivity contribution in [1.29, 1.82) is 0 Å². The Balaban J connectivity index is 2.66. The summed E-state index contributed by atoms with van der Waals surface area (Å²) in [5.74, 6) is -2.51. The summed E-state index contributed by atoms with van der Waals surface area (Å²) in [6.07, 6.45) is 2.02. The molecule has 6 nitrogen and oxygen atoms in total. The summed E-state index contributed by atoms with van der Waals surface area (Å²) in [6, 6.07) is 3.85. The molecule has 4 N–H and O–H groups in total. The minimum atomic E-state index is -1.15. The van der Waals surface area contributed by atoms with Gasteiger partial charge in [0.05, 0.1) is 17.7 Å². The first-order valence-corrected chi connectivity index (χ1v) is 7.04. The molecule has 0 amide bonds. The molecule has 1 aliphatic rings. The quantitative estimate of drug-likeness (QED) is 0.657. The second-order valence-electron chi connectivity index (χ2n) is 5.30. The van der Waals surface area contributed by atoms with Gasteiger partial charge >= 0.3 is 11.9 Å². The third-order valence-corrected chi connectivity index (χ3v) is 4.07. The smallest absolute Gasteiger partial charge is 0.336 e. The Morgan fingerprint density at radius 2 is 1.86 bits per heavy atom. The molecule has 0 fully saturated rings. The summed E-state index contributed by atoms with van der Waals surface area (Å²) in [5.41, 5.74) is 1.54. The van der Waals surface area contributed by atoms with E-state index in [4.69, 9.17) is 5.11 Å². The molecule has 2 rings (SSSR count). The van der Waals surface area contributed by atoms with Crippen molar-refractivity contribution in [3.8, 4) is 0 Å². The fourth-order valence-electron chi connectivity index (χ4n) is 2.95. The highest BCUT2D eigenvalue weighted by atomic mass is 16.4. The van der Waals surface area contributed by atoms with Gasteiger partial charge in [0.2, 0.25) is 0 Å². The van der Waals surface area contributed by atoms with Crippen LogP contribution in [0.25, 0.3) is 5.57 Å². The van der Waals surface area contributed by atoms with Crippen molar-refractivity contribution in [3.05, 3.63) is 40.5 Å². The number of carbonyl (C=O) groups is 2. The number of hydrogen-bond acceptors (Lipinski definition) is 4. The maximum atomic E-state index is 11.4. The lowest BCUT2D eigenvalue weighted by Crippen LogP contribution is -2.19. The molecule has 0 spiro atoms. The molecular weight excluding hydrogens is 288 g/mol. The standard InChI is InChI=1S/C16H18O6/c17-7-10-2-1-3-11(14(10)8-18)13-6-9(15(19)20)4-5-12(13)16(21)22/h4-6,10,17-18H,1-3,7-8H2,(H,19,20)(H,21,22). The lowest BCUT2D eigenvalue weighted by atomic mass is 9.79. The molecule has 22 heavy (non-hydrogen) atoms. The minimum absolute atomic E-state index is 0.00379.